The lowest BCUT2D eigenvalue weighted by molar-refractivity contribution is -0.200. The highest BCUT2D eigenvalue weighted by Gasteiger charge is 2.28. The molecule has 6 nitrogen and oxygen atoms in total. The van der Waals surface area contributed by atoms with E-state index in [0.29, 0.717) is 19.6 Å². The average Bonchev–Trinajstić information content (AvgIpc) is 2.38. The first kappa shape index (κ1) is 16.9. The molecule has 0 spiro atoms. The molecule has 1 heterocycles. The smallest absolute Gasteiger partial charge is 0.346 e. The van der Waals surface area contributed by atoms with Crippen molar-refractivity contribution >= 4 is 11.9 Å². The van der Waals surface area contributed by atoms with Crippen LogP contribution in [-0.4, -0.2) is 44.7 Å². The second-order valence-corrected chi connectivity index (χ2v) is 5.39. The first-order chi connectivity index (χ1) is 9.45. The van der Waals surface area contributed by atoms with E-state index in [1.54, 1.807) is 13.8 Å². The van der Waals surface area contributed by atoms with Gasteiger partial charge in [-0.05, 0) is 33.1 Å². The normalized spacial score (nSPS) is 20.6. The summed E-state index contributed by atoms with van der Waals surface area (Å²) in [6.07, 6.45) is 1.72. The van der Waals surface area contributed by atoms with E-state index in [9.17, 15) is 9.59 Å². The maximum atomic E-state index is 11.7. The van der Waals surface area contributed by atoms with Crippen molar-refractivity contribution in [3.8, 4) is 0 Å². The van der Waals surface area contributed by atoms with Gasteiger partial charge in [-0.25, -0.2) is 4.79 Å². The number of ether oxygens (including phenoxy) is 4. The van der Waals surface area contributed by atoms with E-state index in [1.807, 2.05) is 6.92 Å². The fourth-order valence-corrected chi connectivity index (χ4v) is 1.46. The van der Waals surface area contributed by atoms with Crippen LogP contribution in [0, 0.1) is 5.41 Å². The standard InChI is InChI=1S/C14H24O6/c1-4-14(2,3)13(16)19-9-11(15)20-12-10-17-7-5-6-8-18-12/h12H,4-10H2,1-3H3. The monoisotopic (exact) mass is 288 g/mol. The van der Waals surface area contributed by atoms with Gasteiger partial charge in [-0.15, -0.1) is 0 Å². The van der Waals surface area contributed by atoms with E-state index in [2.05, 4.69) is 0 Å². The summed E-state index contributed by atoms with van der Waals surface area (Å²) >= 11 is 0. The molecule has 0 bridgehead atoms. The maximum absolute atomic E-state index is 11.7. The van der Waals surface area contributed by atoms with Gasteiger partial charge in [0, 0.05) is 6.61 Å². The quantitative estimate of drug-likeness (QED) is 0.717. The predicted octanol–water partition coefficient (Wildman–Crippen LogP) is 1.66. The van der Waals surface area contributed by atoms with Crippen molar-refractivity contribution in [1.82, 2.24) is 0 Å². The van der Waals surface area contributed by atoms with Gasteiger partial charge >= 0.3 is 11.9 Å². The van der Waals surface area contributed by atoms with Crippen molar-refractivity contribution in [2.24, 2.45) is 5.41 Å². The van der Waals surface area contributed by atoms with Gasteiger partial charge < -0.3 is 18.9 Å². The van der Waals surface area contributed by atoms with Crippen LogP contribution in [-0.2, 0) is 28.5 Å². The molecule has 0 aliphatic carbocycles. The van der Waals surface area contributed by atoms with E-state index in [-0.39, 0.29) is 6.61 Å². The molecule has 0 aromatic rings. The fourth-order valence-electron chi connectivity index (χ4n) is 1.46. The van der Waals surface area contributed by atoms with Crippen LogP contribution in [0.15, 0.2) is 0 Å². The molecule has 116 valence electrons. The van der Waals surface area contributed by atoms with Crippen LogP contribution in [0.25, 0.3) is 0 Å². The molecule has 0 amide bonds. The third-order valence-electron chi connectivity index (χ3n) is 3.26. The lowest BCUT2D eigenvalue weighted by Crippen LogP contribution is -2.32. The molecule has 1 fully saturated rings. The van der Waals surface area contributed by atoms with Crippen molar-refractivity contribution in [1.29, 1.82) is 0 Å². The van der Waals surface area contributed by atoms with Crippen LogP contribution in [0.4, 0.5) is 0 Å². The molecule has 1 aliphatic heterocycles. The van der Waals surface area contributed by atoms with Crippen molar-refractivity contribution < 1.29 is 28.5 Å². The molecule has 1 saturated heterocycles. The summed E-state index contributed by atoms with van der Waals surface area (Å²) < 4.78 is 20.6. The molecule has 20 heavy (non-hydrogen) atoms. The Bertz CT molecular complexity index is 318. The zero-order chi connectivity index (χ0) is 15.0. The Morgan fingerprint density at radius 1 is 1.25 bits per heavy atom. The number of carbonyl (C=O) groups excluding carboxylic acids is 2. The summed E-state index contributed by atoms with van der Waals surface area (Å²) in [7, 11) is 0. The first-order valence-corrected chi connectivity index (χ1v) is 7.02. The van der Waals surface area contributed by atoms with Crippen LogP contribution < -0.4 is 0 Å². The Labute approximate surface area is 119 Å². The van der Waals surface area contributed by atoms with E-state index < -0.39 is 30.3 Å². The SMILES string of the molecule is CCC(C)(C)C(=O)OCC(=O)OC1COCCCCO1. The van der Waals surface area contributed by atoms with Gasteiger partial charge in [0.05, 0.1) is 12.0 Å². The highest BCUT2D eigenvalue weighted by molar-refractivity contribution is 5.79. The summed E-state index contributed by atoms with van der Waals surface area (Å²) in [4.78, 5) is 23.3. The summed E-state index contributed by atoms with van der Waals surface area (Å²) in [5.74, 6) is -1.04. The van der Waals surface area contributed by atoms with E-state index in [1.165, 1.54) is 0 Å². The first-order valence-electron chi connectivity index (χ1n) is 7.02. The molecule has 0 N–H and O–H groups in total. The molecule has 0 saturated carbocycles. The maximum Gasteiger partial charge on any atom is 0.346 e. The summed E-state index contributed by atoms with van der Waals surface area (Å²) in [6, 6.07) is 0. The molecule has 1 aliphatic rings. The van der Waals surface area contributed by atoms with E-state index in [4.69, 9.17) is 18.9 Å². The summed E-state index contributed by atoms with van der Waals surface area (Å²) in [5.41, 5.74) is -0.597. The van der Waals surface area contributed by atoms with E-state index in [0.717, 1.165) is 12.8 Å². The minimum atomic E-state index is -0.722. The van der Waals surface area contributed by atoms with Crippen LogP contribution in [0.5, 0.6) is 0 Å². The average molecular weight is 288 g/mol. The predicted molar refractivity (Wildman–Crippen MR) is 70.9 cm³/mol. The lowest BCUT2D eigenvalue weighted by atomic mass is 9.91. The molecule has 1 rings (SSSR count). The van der Waals surface area contributed by atoms with Crippen LogP contribution >= 0.6 is 0 Å². The van der Waals surface area contributed by atoms with E-state index >= 15 is 0 Å². The number of hydrogen-bond acceptors (Lipinski definition) is 6. The number of carbonyl (C=O) groups is 2. The highest BCUT2D eigenvalue weighted by Crippen LogP contribution is 2.21. The molecule has 1 atom stereocenters. The molecule has 1 unspecified atom stereocenters. The zero-order valence-electron chi connectivity index (χ0n) is 12.5. The Morgan fingerprint density at radius 3 is 2.65 bits per heavy atom. The Balaban J connectivity index is 2.30. The van der Waals surface area contributed by atoms with Gasteiger partial charge in [-0.1, -0.05) is 6.92 Å². The molecule has 0 radical (unpaired) electrons. The van der Waals surface area contributed by atoms with Crippen molar-refractivity contribution in [3.05, 3.63) is 0 Å². The molecule has 0 aromatic carbocycles. The fraction of sp³-hybridized carbons (Fsp3) is 0.857. The van der Waals surface area contributed by atoms with Gasteiger partial charge in [0.25, 0.3) is 0 Å². The highest BCUT2D eigenvalue weighted by atomic mass is 16.7. The van der Waals surface area contributed by atoms with Gasteiger partial charge in [0.2, 0.25) is 6.29 Å². The number of esters is 2. The Hall–Kier alpha value is -1.14. The molecule has 6 heteroatoms. The van der Waals surface area contributed by atoms with Crippen LogP contribution in [0.3, 0.4) is 0 Å². The second-order valence-electron chi connectivity index (χ2n) is 5.39. The van der Waals surface area contributed by atoms with Gasteiger partial charge in [-0.3, -0.25) is 4.79 Å². The van der Waals surface area contributed by atoms with Gasteiger partial charge in [0.1, 0.15) is 6.61 Å². The van der Waals surface area contributed by atoms with Crippen molar-refractivity contribution in [2.75, 3.05) is 26.4 Å². The lowest BCUT2D eigenvalue weighted by Gasteiger charge is -2.22. The van der Waals surface area contributed by atoms with Crippen molar-refractivity contribution in [2.45, 2.75) is 46.3 Å². The largest absolute Gasteiger partial charge is 0.453 e. The summed E-state index contributed by atoms with van der Waals surface area (Å²) in [6.45, 7) is 6.40. The number of rotatable bonds is 5. The minimum Gasteiger partial charge on any atom is -0.453 e. The van der Waals surface area contributed by atoms with Gasteiger partial charge in [-0.2, -0.15) is 0 Å². The third-order valence-corrected chi connectivity index (χ3v) is 3.26. The Morgan fingerprint density at radius 2 is 1.95 bits per heavy atom. The second kappa shape index (κ2) is 8.21. The third kappa shape index (κ3) is 5.88. The molecule has 0 aromatic heterocycles. The van der Waals surface area contributed by atoms with Crippen LogP contribution in [0.1, 0.15) is 40.0 Å². The molecular weight excluding hydrogens is 264 g/mol. The molecular formula is C14H24O6. The van der Waals surface area contributed by atoms with Crippen LogP contribution in [0.2, 0.25) is 0 Å². The summed E-state index contributed by atoms with van der Waals surface area (Å²) in [5, 5.41) is 0. The minimum absolute atomic E-state index is 0.208. The van der Waals surface area contributed by atoms with Gasteiger partial charge in [0.15, 0.2) is 6.61 Å². The topological polar surface area (TPSA) is 71.1 Å². The Kier molecular flexibility index (Phi) is 6.95. The number of hydrogen-bond donors (Lipinski definition) is 0. The zero-order valence-corrected chi connectivity index (χ0v) is 12.5. The van der Waals surface area contributed by atoms with Crippen molar-refractivity contribution in [3.63, 3.8) is 0 Å².